The van der Waals surface area contributed by atoms with Gasteiger partial charge in [-0.05, 0) is 32.9 Å². The van der Waals surface area contributed by atoms with E-state index in [0.29, 0.717) is 31.2 Å². The van der Waals surface area contributed by atoms with Crippen LogP contribution in [0.5, 0.6) is 0 Å². The van der Waals surface area contributed by atoms with E-state index in [0.717, 1.165) is 5.69 Å². The van der Waals surface area contributed by atoms with Crippen LogP contribution < -0.4 is 15.5 Å². The van der Waals surface area contributed by atoms with E-state index >= 15 is 0 Å². The van der Waals surface area contributed by atoms with E-state index in [4.69, 9.17) is 0 Å². The molecule has 0 spiro atoms. The number of anilines is 1. The summed E-state index contributed by atoms with van der Waals surface area (Å²) in [4.78, 5) is 18.2. The molecule has 2 N–H and O–H groups in total. The maximum absolute atomic E-state index is 12.3. The van der Waals surface area contributed by atoms with E-state index in [2.05, 4.69) is 15.6 Å². The minimum Gasteiger partial charge on any atom is -0.355 e. The minimum absolute atomic E-state index is 0. The Morgan fingerprint density at radius 1 is 1.31 bits per heavy atom. The fraction of sp³-hybridized carbons (Fsp3) is 0.556. The Bertz CT molecular complexity index is 646. The van der Waals surface area contributed by atoms with Crippen LogP contribution in [0.15, 0.2) is 35.3 Å². The van der Waals surface area contributed by atoms with Gasteiger partial charge in [-0.1, -0.05) is 18.2 Å². The topological polar surface area (TPSA) is 73.8 Å². The largest absolute Gasteiger partial charge is 0.355 e. The summed E-state index contributed by atoms with van der Waals surface area (Å²) in [6.07, 6.45) is 0.434. The SMILES string of the molecule is CN=C(NCCS(=O)C(C)(C)C)NC1CC(=O)N(c2ccccc2)C1.I. The summed E-state index contributed by atoms with van der Waals surface area (Å²) in [5, 5.41) is 6.47. The Morgan fingerprint density at radius 2 is 1.96 bits per heavy atom. The lowest BCUT2D eigenvalue weighted by Crippen LogP contribution is -2.46. The first-order valence-corrected chi connectivity index (χ1v) is 9.84. The molecule has 2 rings (SSSR count). The highest BCUT2D eigenvalue weighted by Crippen LogP contribution is 2.20. The van der Waals surface area contributed by atoms with E-state index in [1.807, 2.05) is 51.1 Å². The Morgan fingerprint density at radius 3 is 2.54 bits per heavy atom. The summed E-state index contributed by atoms with van der Waals surface area (Å²) in [6, 6.07) is 9.68. The van der Waals surface area contributed by atoms with Gasteiger partial charge in [0.2, 0.25) is 5.91 Å². The number of rotatable bonds is 5. The summed E-state index contributed by atoms with van der Waals surface area (Å²) < 4.78 is 11.9. The zero-order valence-electron chi connectivity index (χ0n) is 15.8. The first-order chi connectivity index (χ1) is 11.8. The molecule has 8 heteroatoms. The van der Waals surface area contributed by atoms with Gasteiger partial charge in [0.1, 0.15) is 0 Å². The monoisotopic (exact) mass is 492 g/mol. The molecule has 1 aromatic carbocycles. The lowest BCUT2D eigenvalue weighted by Gasteiger charge is -2.20. The Balaban J connectivity index is 0.00000338. The third-order valence-corrected chi connectivity index (χ3v) is 5.96. The Kier molecular flexibility index (Phi) is 9.02. The van der Waals surface area contributed by atoms with Crippen LogP contribution in [0, 0.1) is 0 Å². The number of benzene rings is 1. The molecule has 0 aliphatic carbocycles. The molecule has 146 valence electrons. The van der Waals surface area contributed by atoms with E-state index in [-0.39, 0.29) is 40.7 Å². The normalized spacial score (nSPS) is 19.1. The van der Waals surface area contributed by atoms with Gasteiger partial charge in [0.25, 0.3) is 0 Å². The average molecular weight is 492 g/mol. The molecule has 2 atom stereocenters. The van der Waals surface area contributed by atoms with Gasteiger partial charge in [-0.15, -0.1) is 24.0 Å². The summed E-state index contributed by atoms with van der Waals surface area (Å²) >= 11 is 0. The van der Waals surface area contributed by atoms with Crippen molar-refractivity contribution < 1.29 is 9.00 Å². The van der Waals surface area contributed by atoms with Crippen molar-refractivity contribution in [2.24, 2.45) is 4.99 Å². The number of para-hydroxylation sites is 1. The second kappa shape index (κ2) is 10.2. The van der Waals surface area contributed by atoms with Gasteiger partial charge >= 0.3 is 0 Å². The molecule has 0 saturated carbocycles. The smallest absolute Gasteiger partial charge is 0.229 e. The van der Waals surface area contributed by atoms with Crippen molar-refractivity contribution in [1.82, 2.24) is 10.6 Å². The molecule has 0 bridgehead atoms. The summed E-state index contributed by atoms with van der Waals surface area (Å²) in [5.74, 6) is 1.30. The van der Waals surface area contributed by atoms with Gasteiger partial charge in [-0.25, -0.2) is 0 Å². The third kappa shape index (κ3) is 6.53. The molecule has 1 aliphatic heterocycles. The van der Waals surface area contributed by atoms with Crippen LogP contribution in [0.4, 0.5) is 5.69 Å². The molecular weight excluding hydrogens is 463 g/mol. The Labute approximate surface area is 175 Å². The highest BCUT2D eigenvalue weighted by molar-refractivity contribution is 14.0. The van der Waals surface area contributed by atoms with Crippen molar-refractivity contribution in [3.8, 4) is 0 Å². The molecular formula is C18H29IN4O2S. The third-order valence-electron chi connectivity index (χ3n) is 4.02. The quantitative estimate of drug-likeness (QED) is 0.375. The summed E-state index contributed by atoms with van der Waals surface area (Å²) in [6.45, 7) is 7.10. The number of guanidine groups is 1. The number of carbonyl (C=O) groups is 1. The molecule has 1 aromatic rings. The van der Waals surface area contributed by atoms with E-state index in [1.54, 1.807) is 11.9 Å². The molecule has 1 amide bonds. The molecule has 6 nitrogen and oxygen atoms in total. The van der Waals surface area contributed by atoms with Crippen LogP contribution in [0.2, 0.25) is 0 Å². The highest BCUT2D eigenvalue weighted by Gasteiger charge is 2.31. The van der Waals surface area contributed by atoms with Gasteiger partial charge in [0, 0.05) is 53.5 Å². The number of nitrogens with zero attached hydrogens (tertiary/aromatic N) is 2. The number of hydrogen-bond acceptors (Lipinski definition) is 3. The molecule has 0 aromatic heterocycles. The van der Waals surface area contributed by atoms with Crippen LogP contribution >= 0.6 is 24.0 Å². The number of halogens is 1. The average Bonchev–Trinajstić information content (AvgIpc) is 2.94. The summed E-state index contributed by atoms with van der Waals surface area (Å²) in [5.41, 5.74) is 0.917. The van der Waals surface area contributed by atoms with Crippen LogP contribution in [-0.4, -0.2) is 52.8 Å². The van der Waals surface area contributed by atoms with Gasteiger partial charge in [0.05, 0.1) is 6.04 Å². The number of carbonyl (C=O) groups excluding carboxylic acids is 1. The standard InChI is InChI=1S/C18H28N4O2S.HI/c1-18(2,3)25(24)11-10-20-17(19-4)21-14-12-16(23)22(13-14)15-8-6-5-7-9-15;/h5-9,14H,10-13H2,1-4H3,(H2,19,20,21);1H. The van der Waals surface area contributed by atoms with Crippen LogP contribution in [0.3, 0.4) is 0 Å². The first kappa shape index (κ1) is 22.9. The highest BCUT2D eigenvalue weighted by atomic mass is 127. The molecule has 1 aliphatic rings. The second-order valence-corrected chi connectivity index (χ2v) is 9.37. The van der Waals surface area contributed by atoms with E-state index in [1.165, 1.54) is 0 Å². The fourth-order valence-electron chi connectivity index (χ4n) is 2.62. The van der Waals surface area contributed by atoms with Gasteiger partial charge in [-0.2, -0.15) is 0 Å². The maximum Gasteiger partial charge on any atom is 0.229 e. The zero-order valence-corrected chi connectivity index (χ0v) is 19.0. The number of aliphatic imine (C=N–C) groups is 1. The molecule has 1 saturated heterocycles. The lowest BCUT2D eigenvalue weighted by molar-refractivity contribution is -0.117. The van der Waals surface area contributed by atoms with Crippen LogP contribution in [-0.2, 0) is 15.6 Å². The second-order valence-electron chi connectivity index (χ2n) is 7.05. The van der Waals surface area contributed by atoms with Crippen molar-refractivity contribution in [3.05, 3.63) is 30.3 Å². The van der Waals surface area contributed by atoms with Crippen LogP contribution in [0.1, 0.15) is 27.2 Å². The lowest BCUT2D eigenvalue weighted by atomic mass is 10.2. The maximum atomic E-state index is 12.3. The molecule has 0 radical (unpaired) electrons. The number of nitrogens with one attached hydrogen (secondary N) is 2. The van der Waals surface area contributed by atoms with E-state index < -0.39 is 10.8 Å². The zero-order chi connectivity index (χ0) is 18.4. The van der Waals surface area contributed by atoms with Gasteiger partial charge in [0.15, 0.2) is 5.96 Å². The minimum atomic E-state index is -0.904. The summed E-state index contributed by atoms with van der Waals surface area (Å²) in [7, 11) is 0.793. The predicted octanol–water partition coefficient (Wildman–Crippen LogP) is 2.12. The van der Waals surface area contributed by atoms with Gasteiger partial charge < -0.3 is 15.5 Å². The number of hydrogen-bond donors (Lipinski definition) is 2. The van der Waals surface area contributed by atoms with E-state index in [9.17, 15) is 9.00 Å². The molecule has 1 heterocycles. The van der Waals surface area contributed by atoms with Crippen molar-refractivity contribution in [2.45, 2.75) is 38.0 Å². The van der Waals surface area contributed by atoms with Crippen LogP contribution in [0.25, 0.3) is 0 Å². The predicted molar refractivity (Wildman–Crippen MR) is 120 cm³/mol. The van der Waals surface area contributed by atoms with Crippen molar-refractivity contribution >= 4 is 52.3 Å². The molecule has 2 unspecified atom stereocenters. The number of amides is 1. The Hall–Kier alpha value is -1.16. The first-order valence-electron chi connectivity index (χ1n) is 8.52. The van der Waals surface area contributed by atoms with Crippen molar-refractivity contribution in [3.63, 3.8) is 0 Å². The van der Waals surface area contributed by atoms with Crippen molar-refractivity contribution in [1.29, 1.82) is 0 Å². The molecule has 26 heavy (non-hydrogen) atoms. The fourth-order valence-corrected chi connectivity index (χ4v) is 3.52. The van der Waals surface area contributed by atoms with Crippen molar-refractivity contribution in [2.75, 3.05) is 30.8 Å². The molecule has 1 fully saturated rings. The van der Waals surface area contributed by atoms with Gasteiger partial charge in [-0.3, -0.25) is 14.0 Å².